The van der Waals surface area contributed by atoms with Crippen molar-refractivity contribution in [1.82, 2.24) is 15.2 Å². The molecule has 0 atom stereocenters. The van der Waals surface area contributed by atoms with E-state index in [0.29, 0.717) is 25.1 Å². The summed E-state index contributed by atoms with van der Waals surface area (Å²) in [4.78, 5) is 28.9. The number of carbonyl (C=O) groups excluding carboxylic acids is 2. The molecule has 2 amide bonds. The summed E-state index contributed by atoms with van der Waals surface area (Å²) in [5.74, 6) is -0.0896. The van der Waals surface area contributed by atoms with Crippen molar-refractivity contribution in [2.24, 2.45) is 0 Å². The van der Waals surface area contributed by atoms with E-state index in [1.165, 1.54) is 12.1 Å². The van der Waals surface area contributed by atoms with Gasteiger partial charge in [0.2, 0.25) is 5.91 Å². The summed E-state index contributed by atoms with van der Waals surface area (Å²) in [5.41, 5.74) is 0.299. The van der Waals surface area contributed by atoms with Gasteiger partial charge in [-0.05, 0) is 25.0 Å². The average molecular weight is 316 g/mol. The van der Waals surface area contributed by atoms with E-state index >= 15 is 0 Å². The lowest BCUT2D eigenvalue weighted by molar-refractivity contribution is -0.127. The van der Waals surface area contributed by atoms with Gasteiger partial charge in [-0.15, -0.1) is 0 Å². The van der Waals surface area contributed by atoms with E-state index in [1.807, 2.05) is 4.90 Å². The van der Waals surface area contributed by atoms with Crippen molar-refractivity contribution in [1.29, 1.82) is 0 Å². The van der Waals surface area contributed by atoms with Crippen molar-refractivity contribution >= 4 is 35.0 Å². The zero-order valence-corrected chi connectivity index (χ0v) is 12.4. The first-order chi connectivity index (χ1) is 9.58. The first kappa shape index (κ1) is 15.1. The minimum absolute atomic E-state index is 0.0877. The van der Waals surface area contributed by atoms with Crippen molar-refractivity contribution in [3.05, 3.63) is 28.0 Å². The van der Waals surface area contributed by atoms with Gasteiger partial charge in [-0.2, -0.15) is 0 Å². The number of amides is 2. The fraction of sp³-hybridized carbons (Fsp3) is 0.462. The Labute approximate surface area is 127 Å². The molecule has 1 aromatic rings. The van der Waals surface area contributed by atoms with Crippen LogP contribution in [0.4, 0.5) is 0 Å². The summed E-state index contributed by atoms with van der Waals surface area (Å²) >= 11 is 11.5. The number of nitrogens with one attached hydrogen (secondary N) is 1. The molecule has 0 aromatic carbocycles. The quantitative estimate of drug-likeness (QED) is 0.669. The smallest absolute Gasteiger partial charge is 0.254 e. The molecule has 1 N–H and O–H groups in total. The summed E-state index contributed by atoms with van der Waals surface area (Å²) in [7, 11) is 0. The highest BCUT2D eigenvalue weighted by atomic mass is 35.5. The molecule has 1 aliphatic rings. The molecule has 0 aliphatic carbocycles. The van der Waals surface area contributed by atoms with E-state index in [1.54, 1.807) is 0 Å². The summed E-state index contributed by atoms with van der Waals surface area (Å²) in [6.45, 7) is 1.98. The van der Waals surface area contributed by atoms with E-state index in [0.717, 1.165) is 19.4 Å². The van der Waals surface area contributed by atoms with Crippen LogP contribution in [0.3, 0.4) is 0 Å². The third kappa shape index (κ3) is 3.84. The molecule has 2 rings (SSSR count). The fourth-order valence-electron chi connectivity index (χ4n) is 2.09. The van der Waals surface area contributed by atoms with Crippen molar-refractivity contribution in [3.63, 3.8) is 0 Å². The highest BCUT2D eigenvalue weighted by molar-refractivity contribution is 6.34. The number of hydrogen-bond acceptors (Lipinski definition) is 3. The van der Waals surface area contributed by atoms with Gasteiger partial charge in [-0.3, -0.25) is 9.59 Å². The van der Waals surface area contributed by atoms with Crippen LogP contribution in [0.15, 0.2) is 12.1 Å². The van der Waals surface area contributed by atoms with Crippen LogP contribution in [0.5, 0.6) is 0 Å². The molecule has 0 radical (unpaired) electrons. The zero-order chi connectivity index (χ0) is 14.5. The van der Waals surface area contributed by atoms with Crippen LogP contribution in [0.25, 0.3) is 0 Å². The normalized spacial score (nSPS) is 14.7. The first-order valence-corrected chi connectivity index (χ1v) is 7.21. The Bertz CT molecular complexity index is 522. The molecule has 0 unspecified atom stereocenters. The van der Waals surface area contributed by atoms with Gasteiger partial charge in [0.15, 0.2) is 0 Å². The maximum atomic E-state index is 11.9. The minimum Gasteiger partial charge on any atom is -0.352 e. The van der Waals surface area contributed by atoms with Crippen molar-refractivity contribution in [3.8, 4) is 0 Å². The standard InChI is InChI=1S/C13H15Cl2N3O2/c14-10-5-4-9(12(15)17-10)13(20)16-6-2-8-18-7-1-3-11(18)19/h4-5H,1-3,6-8H2,(H,16,20). The van der Waals surface area contributed by atoms with Crippen LogP contribution < -0.4 is 5.32 Å². The maximum absolute atomic E-state index is 11.9. The lowest BCUT2D eigenvalue weighted by Gasteiger charge is -2.15. The van der Waals surface area contributed by atoms with E-state index < -0.39 is 0 Å². The van der Waals surface area contributed by atoms with Gasteiger partial charge < -0.3 is 10.2 Å². The molecule has 2 heterocycles. The number of aromatic nitrogens is 1. The molecule has 5 nitrogen and oxygen atoms in total. The number of hydrogen-bond donors (Lipinski definition) is 1. The van der Waals surface area contributed by atoms with Gasteiger partial charge in [-0.1, -0.05) is 23.2 Å². The van der Waals surface area contributed by atoms with Crippen molar-refractivity contribution in [2.75, 3.05) is 19.6 Å². The molecule has 20 heavy (non-hydrogen) atoms. The lowest BCUT2D eigenvalue weighted by atomic mass is 10.2. The average Bonchev–Trinajstić information content (AvgIpc) is 2.80. The van der Waals surface area contributed by atoms with Gasteiger partial charge in [0.1, 0.15) is 10.3 Å². The molecule has 1 aromatic heterocycles. The Morgan fingerprint density at radius 1 is 1.40 bits per heavy atom. The SMILES string of the molecule is O=C(NCCCN1CCCC1=O)c1ccc(Cl)nc1Cl. The van der Waals surface area contributed by atoms with Crippen LogP contribution >= 0.6 is 23.2 Å². The second-order valence-corrected chi connectivity index (χ2v) is 5.31. The Morgan fingerprint density at radius 2 is 2.20 bits per heavy atom. The number of halogens is 2. The van der Waals surface area contributed by atoms with Crippen LogP contribution in [0.2, 0.25) is 10.3 Å². The van der Waals surface area contributed by atoms with Gasteiger partial charge >= 0.3 is 0 Å². The van der Waals surface area contributed by atoms with Crippen LogP contribution in [0.1, 0.15) is 29.6 Å². The Kier molecular flexibility index (Phi) is 5.20. The molecule has 1 saturated heterocycles. The van der Waals surface area contributed by atoms with Crippen LogP contribution in [-0.4, -0.2) is 41.3 Å². The summed E-state index contributed by atoms with van der Waals surface area (Å²) in [6, 6.07) is 3.06. The number of pyridine rings is 1. The molecule has 0 spiro atoms. The Morgan fingerprint density at radius 3 is 2.85 bits per heavy atom. The predicted octanol–water partition coefficient (Wildman–Crippen LogP) is 2.13. The minimum atomic E-state index is -0.285. The van der Waals surface area contributed by atoms with Gasteiger partial charge in [-0.25, -0.2) is 4.98 Å². The number of likely N-dealkylation sites (tertiary alicyclic amines) is 1. The van der Waals surface area contributed by atoms with Gasteiger partial charge in [0.05, 0.1) is 5.56 Å². The molecule has 1 aliphatic heterocycles. The number of carbonyl (C=O) groups is 2. The van der Waals surface area contributed by atoms with E-state index in [9.17, 15) is 9.59 Å². The Balaban J connectivity index is 1.76. The summed E-state index contributed by atoms with van der Waals surface area (Å²) in [5, 5.41) is 3.09. The Hall–Kier alpha value is -1.33. The maximum Gasteiger partial charge on any atom is 0.254 e. The zero-order valence-electron chi connectivity index (χ0n) is 10.9. The summed E-state index contributed by atoms with van der Waals surface area (Å²) in [6.07, 6.45) is 2.28. The van der Waals surface area contributed by atoms with E-state index in [4.69, 9.17) is 23.2 Å². The second-order valence-electron chi connectivity index (χ2n) is 4.57. The topological polar surface area (TPSA) is 62.3 Å². The summed E-state index contributed by atoms with van der Waals surface area (Å²) < 4.78 is 0. The van der Waals surface area contributed by atoms with Crippen molar-refractivity contribution < 1.29 is 9.59 Å². The lowest BCUT2D eigenvalue weighted by Crippen LogP contribution is -2.30. The van der Waals surface area contributed by atoms with Crippen molar-refractivity contribution in [2.45, 2.75) is 19.3 Å². The van der Waals surface area contributed by atoms with E-state index in [-0.39, 0.29) is 22.1 Å². The van der Waals surface area contributed by atoms with Gasteiger partial charge in [0.25, 0.3) is 5.91 Å². The van der Waals surface area contributed by atoms with E-state index in [2.05, 4.69) is 10.3 Å². The fourth-order valence-corrected chi connectivity index (χ4v) is 2.52. The monoisotopic (exact) mass is 315 g/mol. The highest BCUT2D eigenvalue weighted by Crippen LogP contribution is 2.16. The van der Waals surface area contributed by atoms with Crippen LogP contribution in [0, 0.1) is 0 Å². The number of nitrogens with zero attached hydrogens (tertiary/aromatic N) is 2. The molecular formula is C13H15Cl2N3O2. The molecule has 108 valence electrons. The molecule has 0 bridgehead atoms. The molecule has 7 heteroatoms. The second kappa shape index (κ2) is 6.90. The first-order valence-electron chi connectivity index (χ1n) is 6.46. The predicted molar refractivity (Wildman–Crippen MR) is 77.0 cm³/mol. The van der Waals surface area contributed by atoms with Gasteiger partial charge in [0, 0.05) is 26.1 Å². The molecule has 1 fully saturated rings. The third-order valence-corrected chi connectivity index (χ3v) is 3.62. The largest absolute Gasteiger partial charge is 0.352 e. The highest BCUT2D eigenvalue weighted by Gasteiger charge is 2.19. The van der Waals surface area contributed by atoms with Crippen LogP contribution in [-0.2, 0) is 4.79 Å². The third-order valence-electron chi connectivity index (χ3n) is 3.12. The molecular weight excluding hydrogens is 301 g/mol. The number of rotatable bonds is 5. The molecule has 0 saturated carbocycles.